The van der Waals surface area contributed by atoms with Gasteiger partial charge in [0.05, 0.1) is 16.6 Å². The standard InChI is InChI=1S/C59H39N3S/c1-3-17-41(18-4-1)61-43-31-30-39-16-15-24-47(51(39)37-43)50-23-9-13-28-56(50)60-40-34-45(61)36-46(35-40)62(42-19-5-2-6-20-42)44-32-33-58-55(38-44)59(54-27-12-14-29-57(54)63-58)52-25-10-7-21-48(52)49-22-8-11-26-53(49)59/h1-38,60H. The number of benzene rings is 10. The molecule has 1 aliphatic heterocycles. The topological polar surface area (TPSA) is 24.0 Å². The summed E-state index contributed by atoms with van der Waals surface area (Å²) in [5.41, 5.74) is 15.9. The Morgan fingerprint density at radius 2 is 1.06 bits per heavy atom. The van der Waals surface area contributed by atoms with Crippen LogP contribution in [0.25, 0.3) is 60.4 Å². The summed E-state index contributed by atoms with van der Waals surface area (Å²) in [6.45, 7) is 0. The molecule has 2 heterocycles. The Bertz CT molecular complexity index is 3630. The van der Waals surface area contributed by atoms with Crippen molar-refractivity contribution in [2.45, 2.75) is 15.2 Å². The van der Waals surface area contributed by atoms with Gasteiger partial charge in [-0.1, -0.05) is 157 Å². The number of nitrogens with zero attached hydrogens (tertiary/aromatic N) is 2. The summed E-state index contributed by atoms with van der Waals surface area (Å²) in [6, 6.07) is 85.0. The van der Waals surface area contributed by atoms with E-state index in [0.717, 1.165) is 50.2 Å². The summed E-state index contributed by atoms with van der Waals surface area (Å²) in [5.74, 6) is 0. The number of anilines is 3. The smallest absolute Gasteiger partial charge is 0.0736 e. The van der Waals surface area contributed by atoms with Crippen molar-refractivity contribution in [3.8, 4) is 16.8 Å². The summed E-state index contributed by atoms with van der Waals surface area (Å²) in [5, 5.41) is 4.78. The summed E-state index contributed by atoms with van der Waals surface area (Å²) in [7, 11) is 0. The van der Waals surface area contributed by atoms with Crippen LogP contribution in [0.5, 0.6) is 0 Å². The molecule has 3 nitrogen and oxygen atoms in total. The molecule has 1 N–H and O–H groups in total. The fourth-order valence-electron chi connectivity index (χ4n) is 10.6. The van der Waals surface area contributed by atoms with Crippen molar-refractivity contribution in [1.82, 2.24) is 9.55 Å². The van der Waals surface area contributed by atoms with Gasteiger partial charge in [0.25, 0.3) is 0 Å². The third-order valence-electron chi connectivity index (χ3n) is 13.2. The molecule has 11 aromatic rings. The molecular formula is C59H39N3S. The molecule has 1 aromatic heterocycles. The largest absolute Gasteiger partial charge is 0.355 e. The molecule has 13 rings (SSSR count). The van der Waals surface area contributed by atoms with Crippen LogP contribution in [-0.2, 0) is 5.41 Å². The van der Waals surface area contributed by atoms with Crippen LogP contribution in [0.4, 0.5) is 17.1 Å². The first-order valence-electron chi connectivity index (χ1n) is 21.6. The highest BCUT2D eigenvalue weighted by atomic mass is 32.2. The molecule has 1 aliphatic carbocycles. The predicted molar refractivity (Wildman–Crippen MR) is 264 cm³/mol. The maximum absolute atomic E-state index is 3.95. The normalized spacial score (nSPS) is 13.1. The number of fused-ring (bicyclic) bond motifs is 14. The number of aromatic nitrogens is 2. The lowest BCUT2D eigenvalue weighted by Crippen LogP contribution is -2.32. The zero-order valence-corrected chi connectivity index (χ0v) is 35.1. The molecule has 0 saturated heterocycles. The molecule has 63 heavy (non-hydrogen) atoms. The Hall–Kier alpha value is -7.79. The summed E-state index contributed by atoms with van der Waals surface area (Å²) >= 11 is 1.88. The van der Waals surface area contributed by atoms with E-state index in [1.54, 1.807) is 0 Å². The summed E-state index contributed by atoms with van der Waals surface area (Å²) in [4.78, 5) is 8.96. The van der Waals surface area contributed by atoms with Crippen LogP contribution in [0.15, 0.2) is 240 Å². The third-order valence-corrected chi connectivity index (χ3v) is 14.3. The Labute approximate surface area is 369 Å². The van der Waals surface area contributed by atoms with Gasteiger partial charge in [0.1, 0.15) is 0 Å². The van der Waals surface area contributed by atoms with E-state index in [2.05, 4.69) is 245 Å². The minimum atomic E-state index is -0.492. The average molecular weight is 822 g/mol. The number of aromatic amines is 1. The molecule has 4 heteroatoms. The minimum absolute atomic E-state index is 0.492. The van der Waals surface area contributed by atoms with Gasteiger partial charge in [-0.15, -0.1) is 0 Å². The molecule has 0 radical (unpaired) electrons. The van der Waals surface area contributed by atoms with E-state index in [9.17, 15) is 0 Å². The predicted octanol–water partition coefficient (Wildman–Crippen LogP) is 15.8. The van der Waals surface area contributed by atoms with E-state index < -0.39 is 5.41 Å². The highest BCUT2D eigenvalue weighted by Gasteiger charge is 2.50. The van der Waals surface area contributed by atoms with E-state index in [1.165, 1.54) is 59.3 Å². The lowest BCUT2D eigenvalue weighted by atomic mass is 9.67. The van der Waals surface area contributed by atoms with E-state index in [-0.39, 0.29) is 0 Å². The first kappa shape index (κ1) is 35.9. The second kappa shape index (κ2) is 14.1. The highest BCUT2D eigenvalue weighted by molar-refractivity contribution is 7.99. The lowest BCUT2D eigenvalue weighted by molar-refractivity contribution is 0.722. The Balaban J connectivity index is 1.14. The van der Waals surface area contributed by atoms with Crippen molar-refractivity contribution in [2.24, 2.45) is 0 Å². The quantitative estimate of drug-likeness (QED) is 0.191. The van der Waals surface area contributed by atoms with Crippen molar-refractivity contribution >= 4 is 72.4 Å². The Morgan fingerprint density at radius 1 is 0.397 bits per heavy atom. The van der Waals surface area contributed by atoms with E-state index in [1.807, 2.05) is 11.8 Å². The van der Waals surface area contributed by atoms with E-state index in [4.69, 9.17) is 0 Å². The Morgan fingerprint density at radius 3 is 1.87 bits per heavy atom. The van der Waals surface area contributed by atoms with Gasteiger partial charge in [0.2, 0.25) is 0 Å². The van der Waals surface area contributed by atoms with Crippen LogP contribution in [0, 0.1) is 0 Å². The number of hydrogen-bond donors (Lipinski definition) is 1. The van der Waals surface area contributed by atoms with Gasteiger partial charge < -0.3 is 14.5 Å². The zero-order valence-electron chi connectivity index (χ0n) is 34.2. The number of H-pyrrole nitrogens is 1. The lowest BCUT2D eigenvalue weighted by Gasteiger charge is -2.40. The maximum Gasteiger partial charge on any atom is 0.0736 e. The molecule has 1 spiro atoms. The highest BCUT2D eigenvalue weighted by Crippen LogP contribution is 2.62. The van der Waals surface area contributed by atoms with Gasteiger partial charge in [-0.3, -0.25) is 0 Å². The molecule has 0 saturated carbocycles. The van der Waals surface area contributed by atoms with Crippen molar-refractivity contribution in [2.75, 3.05) is 4.90 Å². The van der Waals surface area contributed by atoms with Crippen LogP contribution in [0.1, 0.15) is 22.3 Å². The molecule has 0 fully saturated rings. The van der Waals surface area contributed by atoms with Gasteiger partial charge in [-0.25, -0.2) is 0 Å². The first-order valence-corrected chi connectivity index (χ1v) is 22.4. The second-order valence-electron chi connectivity index (χ2n) is 16.6. The van der Waals surface area contributed by atoms with Gasteiger partial charge in [-0.05, 0) is 134 Å². The molecule has 296 valence electrons. The monoisotopic (exact) mass is 821 g/mol. The molecule has 0 unspecified atom stereocenters. The van der Waals surface area contributed by atoms with Gasteiger partial charge in [0.15, 0.2) is 0 Å². The fraction of sp³-hybridized carbons (Fsp3) is 0.0169. The van der Waals surface area contributed by atoms with Gasteiger partial charge in [0, 0.05) is 48.8 Å². The van der Waals surface area contributed by atoms with Crippen molar-refractivity contribution < 1.29 is 0 Å². The molecule has 0 atom stereocenters. The van der Waals surface area contributed by atoms with Crippen LogP contribution in [0.3, 0.4) is 0 Å². The molecule has 2 aliphatic rings. The number of hydrogen-bond acceptors (Lipinski definition) is 2. The Kier molecular flexibility index (Phi) is 8.06. The number of nitrogens with one attached hydrogen (secondary N) is 1. The van der Waals surface area contributed by atoms with Crippen LogP contribution in [0.2, 0.25) is 0 Å². The first-order chi connectivity index (χ1) is 31.2. The average Bonchev–Trinajstić information content (AvgIpc) is 3.62. The second-order valence-corrected chi connectivity index (χ2v) is 17.7. The minimum Gasteiger partial charge on any atom is -0.355 e. The summed E-state index contributed by atoms with van der Waals surface area (Å²) < 4.78 is 2.39. The SMILES string of the molecule is c1ccc(N(c2ccc3c(c2)C2(c4ccccc4S3)c3ccccc3-c3ccccc32)c2cc3cc(c2)n(-c2ccccc2)c2ccc4cccc(c4c2)c2ccccc2[nH]3)cc1. The maximum atomic E-state index is 3.95. The van der Waals surface area contributed by atoms with Crippen LogP contribution >= 0.6 is 11.8 Å². The van der Waals surface area contributed by atoms with Crippen molar-refractivity contribution in [1.29, 1.82) is 0 Å². The van der Waals surface area contributed by atoms with E-state index >= 15 is 0 Å². The summed E-state index contributed by atoms with van der Waals surface area (Å²) in [6.07, 6.45) is 0. The van der Waals surface area contributed by atoms with Crippen molar-refractivity contribution in [3.05, 3.63) is 253 Å². The number of rotatable bonds is 4. The third kappa shape index (κ3) is 5.48. The van der Waals surface area contributed by atoms with Crippen LogP contribution in [-0.4, -0.2) is 9.55 Å². The zero-order chi connectivity index (χ0) is 41.5. The number of para-hydroxylation sites is 3. The van der Waals surface area contributed by atoms with E-state index in [0.29, 0.717) is 0 Å². The molecule has 0 amide bonds. The molecule has 10 aromatic carbocycles. The fourth-order valence-corrected chi connectivity index (χ4v) is 11.7. The van der Waals surface area contributed by atoms with Gasteiger partial charge >= 0.3 is 0 Å². The van der Waals surface area contributed by atoms with Crippen LogP contribution < -0.4 is 4.90 Å². The van der Waals surface area contributed by atoms with Gasteiger partial charge in [-0.2, -0.15) is 0 Å². The molecule has 4 bridgehead atoms. The van der Waals surface area contributed by atoms with Crippen molar-refractivity contribution in [3.63, 3.8) is 0 Å². The molecular weight excluding hydrogens is 783 g/mol.